The number of benzene rings is 8. The average molecular weight is 746 g/mol. The summed E-state index contributed by atoms with van der Waals surface area (Å²) in [5.41, 5.74) is 11.8. The molecule has 0 bridgehead atoms. The molecule has 0 unspecified atom stereocenters. The van der Waals surface area contributed by atoms with E-state index in [4.69, 9.17) is 14.4 Å². The van der Waals surface area contributed by atoms with Crippen LogP contribution in [0.3, 0.4) is 0 Å². The maximum atomic E-state index is 6.77. The lowest BCUT2D eigenvalue weighted by atomic mass is 9.92. The minimum absolute atomic E-state index is 0.693. The van der Waals surface area contributed by atoms with Gasteiger partial charge < -0.3 is 8.98 Å². The molecule has 0 saturated heterocycles. The number of aromatic nitrogens is 3. The maximum Gasteiger partial charge on any atom is 0.161 e. The summed E-state index contributed by atoms with van der Waals surface area (Å²) in [5.74, 6) is 0.693. The molecule has 0 N–H and O–H groups in total. The van der Waals surface area contributed by atoms with E-state index in [-0.39, 0.29) is 0 Å². The lowest BCUT2D eigenvalue weighted by Gasteiger charge is -2.13. The van der Waals surface area contributed by atoms with Crippen molar-refractivity contribution in [3.05, 3.63) is 169 Å². The van der Waals surface area contributed by atoms with Crippen molar-refractivity contribution in [1.29, 1.82) is 0 Å². The van der Waals surface area contributed by atoms with Crippen molar-refractivity contribution in [3.8, 4) is 28.3 Å². The largest absolute Gasteiger partial charge is 0.456 e. The quantitative estimate of drug-likeness (QED) is 0.181. The molecule has 1 aliphatic carbocycles. The van der Waals surface area contributed by atoms with E-state index >= 15 is 0 Å². The van der Waals surface area contributed by atoms with Gasteiger partial charge in [-0.2, -0.15) is 0 Å². The molecule has 13 rings (SSSR count). The van der Waals surface area contributed by atoms with Gasteiger partial charge in [-0.25, -0.2) is 9.97 Å². The minimum Gasteiger partial charge on any atom is -0.456 e. The Morgan fingerprint density at radius 3 is 2.33 bits per heavy atom. The van der Waals surface area contributed by atoms with Crippen molar-refractivity contribution >= 4 is 103 Å². The normalized spacial score (nSPS) is 13.1. The van der Waals surface area contributed by atoms with Gasteiger partial charge in [0.1, 0.15) is 11.2 Å². The van der Waals surface area contributed by atoms with Gasteiger partial charge in [-0.15, -0.1) is 11.3 Å². The van der Waals surface area contributed by atoms with E-state index in [1.807, 2.05) is 0 Å². The molecule has 0 aliphatic heterocycles. The first-order chi connectivity index (χ1) is 28.2. The molecule has 0 spiro atoms. The Balaban J connectivity index is 1.05. The Labute approximate surface area is 330 Å². The van der Waals surface area contributed by atoms with Crippen LogP contribution in [-0.4, -0.2) is 14.5 Å². The number of rotatable bonds is 3. The third-order valence-corrected chi connectivity index (χ3v) is 13.2. The fourth-order valence-corrected chi connectivity index (χ4v) is 10.6. The second kappa shape index (κ2) is 11.7. The predicted molar refractivity (Wildman–Crippen MR) is 240 cm³/mol. The number of hydrogen-bond donors (Lipinski definition) is 0. The van der Waals surface area contributed by atoms with Crippen LogP contribution in [0.1, 0.15) is 17.5 Å². The Hall–Kier alpha value is -7.08. The highest BCUT2D eigenvalue weighted by atomic mass is 32.1. The smallest absolute Gasteiger partial charge is 0.161 e. The van der Waals surface area contributed by atoms with Gasteiger partial charge in [-0.3, -0.25) is 0 Å². The van der Waals surface area contributed by atoms with Crippen LogP contribution in [0.5, 0.6) is 0 Å². The molecule has 0 radical (unpaired) electrons. The molecular weight excluding hydrogens is 715 g/mol. The Bertz CT molecular complexity index is 3710. The molecule has 0 fully saturated rings. The van der Waals surface area contributed by atoms with E-state index in [9.17, 15) is 0 Å². The zero-order chi connectivity index (χ0) is 37.2. The number of thiophene rings is 1. The van der Waals surface area contributed by atoms with Gasteiger partial charge in [0.2, 0.25) is 0 Å². The number of furan rings is 1. The highest BCUT2D eigenvalue weighted by molar-refractivity contribution is 7.26. The third-order valence-electron chi connectivity index (χ3n) is 12.0. The topological polar surface area (TPSA) is 43.9 Å². The number of fused-ring (bicyclic) bond motifs is 14. The summed E-state index contributed by atoms with van der Waals surface area (Å²) >= 11 is 1.76. The van der Waals surface area contributed by atoms with Crippen LogP contribution in [0.25, 0.3) is 120 Å². The molecule has 0 amide bonds. The van der Waals surface area contributed by atoms with Crippen LogP contribution in [0.15, 0.2) is 162 Å². The molecule has 0 atom stereocenters. The summed E-state index contributed by atoms with van der Waals surface area (Å²) in [6.45, 7) is 0. The van der Waals surface area contributed by atoms with E-state index in [1.54, 1.807) is 11.3 Å². The Morgan fingerprint density at radius 2 is 1.39 bits per heavy atom. The molecule has 12 aromatic rings. The molecule has 57 heavy (non-hydrogen) atoms. The van der Waals surface area contributed by atoms with Crippen molar-refractivity contribution in [2.45, 2.75) is 12.8 Å². The third kappa shape index (κ3) is 4.49. The van der Waals surface area contributed by atoms with Crippen LogP contribution >= 0.6 is 11.3 Å². The number of allylic oxidation sites excluding steroid dienone is 1. The van der Waals surface area contributed by atoms with Crippen molar-refractivity contribution < 1.29 is 4.42 Å². The summed E-state index contributed by atoms with van der Waals surface area (Å²) in [4.78, 5) is 10.8. The van der Waals surface area contributed by atoms with Gasteiger partial charge in [-0.05, 0) is 88.0 Å². The monoisotopic (exact) mass is 745 g/mol. The number of nitrogens with zero attached hydrogens (tertiary/aromatic N) is 3. The maximum absolute atomic E-state index is 6.77. The summed E-state index contributed by atoms with van der Waals surface area (Å²) in [5, 5.41) is 10.8. The molecule has 5 heteroatoms. The number of aryl methyl sites for hydroxylation is 1. The minimum atomic E-state index is 0.693. The summed E-state index contributed by atoms with van der Waals surface area (Å²) in [6, 6.07) is 54.6. The molecule has 4 aromatic heterocycles. The standard InChI is InChI=1S/C52H31N3OS/c1-2-13-33-28-34(21-20-30(33)10-1)49-51-50(39-16-7-8-19-45(39)57-51)54-52(53-49)40-17-9-18-43-46(40)38-25-24-35(29-44(38)56-43)55-41-26-22-31-11-3-5-14-36(31)47(41)48-37-15-6-4-12-32(37)23-27-42(48)55/h1-3,5-11,13-29H,4,12H2. The first-order valence-electron chi connectivity index (χ1n) is 19.5. The van der Waals surface area contributed by atoms with Crippen LogP contribution in [0, 0.1) is 0 Å². The molecule has 4 heterocycles. The molecule has 0 saturated carbocycles. The predicted octanol–water partition coefficient (Wildman–Crippen LogP) is 14.4. The molecular formula is C52H31N3OS. The first-order valence-corrected chi connectivity index (χ1v) is 20.4. The van der Waals surface area contributed by atoms with E-state index in [0.717, 1.165) is 72.9 Å². The summed E-state index contributed by atoms with van der Waals surface area (Å²) < 4.78 is 11.5. The Kier molecular flexibility index (Phi) is 6.40. The van der Waals surface area contributed by atoms with Crippen LogP contribution in [0.2, 0.25) is 0 Å². The highest BCUT2D eigenvalue weighted by Gasteiger charge is 2.23. The van der Waals surface area contributed by atoms with Gasteiger partial charge in [0.15, 0.2) is 5.82 Å². The molecule has 1 aliphatic rings. The van der Waals surface area contributed by atoms with Crippen LogP contribution < -0.4 is 0 Å². The van der Waals surface area contributed by atoms with E-state index in [1.165, 1.54) is 59.2 Å². The van der Waals surface area contributed by atoms with Crippen molar-refractivity contribution in [2.24, 2.45) is 0 Å². The van der Waals surface area contributed by atoms with Gasteiger partial charge in [0.25, 0.3) is 0 Å². The molecule has 4 nitrogen and oxygen atoms in total. The molecule has 266 valence electrons. The zero-order valence-corrected chi connectivity index (χ0v) is 31.5. The van der Waals surface area contributed by atoms with Crippen molar-refractivity contribution in [3.63, 3.8) is 0 Å². The lowest BCUT2D eigenvalue weighted by Crippen LogP contribution is -1.97. The van der Waals surface area contributed by atoms with Gasteiger partial charge >= 0.3 is 0 Å². The summed E-state index contributed by atoms with van der Waals surface area (Å²) in [7, 11) is 0. The van der Waals surface area contributed by atoms with E-state index < -0.39 is 0 Å². The second-order valence-electron chi connectivity index (χ2n) is 15.2. The molecule has 8 aromatic carbocycles. The van der Waals surface area contributed by atoms with Gasteiger partial charge in [-0.1, -0.05) is 115 Å². The highest BCUT2D eigenvalue weighted by Crippen LogP contribution is 2.44. The van der Waals surface area contributed by atoms with E-state index in [0.29, 0.717) is 5.82 Å². The average Bonchev–Trinajstić information content (AvgIpc) is 3.95. The fourth-order valence-electron chi connectivity index (χ4n) is 9.45. The van der Waals surface area contributed by atoms with E-state index in [2.05, 4.69) is 168 Å². The second-order valence-corrected chi connectivity index (χ2v) is 16.2. The summed E-state index contributed by atoms with van der Waals surface area (Å²) in [6.07, 6.45) is 6.80. The fraction of sp³-hybridized carbons (Fsp3) is 0.0385. The Morgan fingerprint density at radius 1 is 0.579 bits per heavy atom. The SMILES string of the molecule is C1=Cc2c(ccc3c2c2c4ccccc4ccc2n3-c2ccc3c(c2)oc2cccc(-c4nc(-c5ccc6ccccc6c5)c5sc6ccccc6c5n4)c23)CC1. The van der Waals surface area contributed by atoms with Gasteiger partial charge in [0, 0.05) is 54.5 Å². The first kappa shape index (κ1) is 31.2. The number of hydrogen-bond acceptors (Lipinski definition) is 4. The van der Waals surface area contributed by atoms with Crippen molar-refractivity contribution in [2.75, 3.05) is 0 Å². The zero-order valence-electron chi connectivity index (χ0n) is 30.7. The van der Waals surface area contributed by atoms with Crippen LogP contribution in [-0.2, 0) is 6.42 Å². The van der Waals surface area contributed by atoms with Crippen LogP contribution in [0.4, 0.5) is 0 Å². The van der Waals surface area contributed by atoms with Gasteiger partial charge in [0.05, 0.1) is 26.9 Å². The van der Waals surface area contributed by atoms with Crippen molar-refractivity contribution in [1.82, 2.24) is 14.5 Å². The lowest BCUT2D eigenvalue weighted by molar-refractivity contribution is 0.668.